The van der Waals surface area contributed by atoms with Gasteiger partial charge in [-0.05, 0) is 0 Å². The molecule has 0 bridgehead atoms. The molecule has 0 aliphatic carbocycles. The third kappa shape index (κ3) is 7.19. The van der Waals surface area contributed by atoms with E-state index in [0.29, 0.717) is 0 Å². The zero-order valence-electron chi connectivity index (χ0n) is 9.29. The fourth-order valence-corrected chi connectivity index (χ4v) is 6.32. The Hall–Kier alpha value is 0.254. The summed E-state index contributed by atoms with van der Waals surface area (Å²) in [6, 6.07) is 0. The molecule has 84 valence electrons. The molecule has 0 unspecified atom stereocenters. The Bertz CT molecular complexity index is 237. The molecule has 0 saturated carbocycles. The van der Waals surface area contributed by atoms with Crippen LogP contribution in [0, 0.1) is 0 Å². The van der Waals surface area contributed by atoms with Crippen molar-refractivity contribution >= 4 is 0 Å². The molecule has 0 atom stereocenters. The number of hydrogen-bond acceptors (Lipinski definition) is 0. The zero-order valence-corrected chi connectivity index (χ0v) is 12.4. The second kappa shape index (κ2) is 9.48. The SMILES string of the molecule is CC=CC=[CH][Ti+2]1([CH]=CC=CC)[CH2][CH2]1.[Cl-].[Cl-]. The van der Waals surface area contributed by atoms with Crippen LogP contribution in [0.3, 0.4) is 0 Å². The van der Waals surface area contributed by atoms with Gasteiger partial charge in [-0.25, -0.2) is 0 Å². The van der Waals surface area contributed by atoms with Gasteiger partial charge in [0, 0.05) is 0 Å². The van der Waals surface area contributed by atoms with Crippen LogP contribution in [0.5, 0.6) is 0 Å². The molecule has 0 nitrogen and oxygen atoms in total. The van der Waals surface area contributed by atoms with Crippen LogP contribution >= 0.6 is 0 Å². The minimum Gasteiger partial charge on any atom is -1.00 e. The van der Waals surface area contributed by atoms with E-state index in [-0.39, 0.29) is 24.8 Å². The predicted molar refractivity (Wildman–Crippen MR) is 57.5 cm³/mol. The maximum atomic E-state index is 2.49. The van der Waals surface area contributed by atoms with Crippen molar-refractivity contribution in [2.24, 2.45) is 0 Å². The molecular formula is C12H18Cl2Ti. The van der Waals surface area contributed by atoms with E-state index in [2.05, 4.69) is 59.1 Å². The van der Waals surface area contributed by atoms with Crippen LogP contribution in [0.1, 0.15) is 13.8 Å². The van der Waals surface area contributed by atoms with Crippen LogP contribution in [-0.2, 0) is 16.6 Å². The molecule has 0 aromatic rings. The van der Waals surface area contributed by atoms with E-state index in [1.165, 1.54) is 9.45 Å². The summed E-state index contributed by atoms with van der Waals surface area (Å²) in [6.07, 6.45) is 12.9. The third-order valence-corrected chi connectivity index (χ3v) is 7.55. The molecule has 0 aromatic heterocycles. The van der Waals surface area contributed by atoms with Crippen LogP contribution in [0.15, 0.2) is 45.2 Å². The summed E-state index contributed by atoms with van der Waals surface area (Å²) >= 11 is -1.47. The molecule has 3 heteroatoms. The van der Waals surface area contributed by atoms with Crippen molar-refractivity contribution in [1.82, 2.24) is 0 Å². The monoisotopic (exact) mass is 280 g/mol. The second-order valence-electron chi connectivity index (χ2n) is 3.50. The summed E-state index contributed by atoms with van der Waals surface area (Å²) in [6.45, 7) is 4.12. The molecule has 1 aliphatic heterocycles. The van der Waals surface area contributed by atoms with Gasteiger partial charge < -0.3 is 24.8 Å². The van der Waals surface area contributed by atoms with Gasteiger partial charge in [0.15, 0.2) is 0 Å². The van der Waals surface area contributed by atoms with Gasteiger partial charge in [0.25, 0.3) is 0 Å². The first-order chi connectivity index (χ1) is 6.33. The van der Waals surface area contributed by atoms with E-state index in [1.807, 2.05) is 0 Å². The van der Waals surface area contributed by atoms with Crippen molar-refractivity contribution in [2.45, 2.75) is 23.3 Å². The van der Waals surface area contributed by atoms with Crippen LogP contribution in [0.4, 0.5) is 0 Å². The summed E-state index contributed by atoms with van der Waals surface area (Å²) < 4.78 is 7.95. The Kier molecular flexibility index (Phi) is 11.1. The van der Waals surface area contributed by atoms with Gasteiger partial charge in [-0.3, -0.25) is 0 Å². The van der Waals surface area contributed by atoms with E-state index in [9.17, 15) is 0 Å². The van der Waals surface area contributed by atoms with Crippen LogP contribution < -0.4 is 24.8 Å². The van der Waals surface area contributed by atoms with Crippen molar-refractivity contribution in [2.75, 3.05) is 0 Å². The van der Waals surface area contributed by atoms with Crippen LogP contribution in [-0.4, -0.2) is 0 Å². The van der Waals surface area contributed by atoms with E-state index in [1.54, 1.807) is 0 Å². The number of hydrogen-bond donors (Lipinski definition) is 0. The van der Waals surface area contributed by atoms with Crippen molar-refractivity contribution < 1.29 is 41.4 Å². The van der Waals surface area contributed by atoms with E-state index < -0.39 is 16.6 Å². The second-order valence-corrected chi connectivity index (χ2v) is 9.96. The first-order valence-corrected chi connectivity index (χ1v) is 8.95. The molecule has 1 heterocycles. The fourth-order valence-electron chi connectivity index (χ4n) is 1.25. The molecule has 1 fully saturated rings. The molecule has 1 rings (SSSR count). The van der Waals surface area contributed by atoms with Crippen molar-refractivity contribution in [3.8, 4) is 0 Å². The summed E-state index contributed by atoms with van der Waals surface area (Å²) in [4.78, 5) is 0. The van der Waals surface area contributed by atoms with Gasteiger partial charge in [-0.15, -0.1) is 0 Å². The Morgan fingerprint density at radius 1 is 0.733 bits per heavy atom. The number of rotatable bonds is 4. The molecule has 0 amide bonds. The van der Waals surface area contributed by atoms with Crippen LogP contribution in [0.2, 0.25) is 9.45 Å². The van der Waals surface area contributed by atoms with Crippen LogP contribution in [0.25, 0.3) is 0 Å². The Morgan fingerprint density at radius 3 is 1.40 bits per heavy atom. The van der Waals surface area contributed by atoms with Gasteiger partial charge in [0.05, 0.1) is 0 Å². The molecule has 0 N–H and O–H groups in total. The zero-order chi connectivity index (χ0) is 9.57. The van der Waals surface area contributed by atoms with Gasteiger partial charge in [-0.1, -0.05) is 0 Å². The van der Waals surface area contributed by atoms with Crippen molar-refractivity contribution in [1.29, 1.82) is 0 Å². The molecular weight excluding hydrogens is 263 g/mol. The standard InChI is InChI=1S/2C5H7.C2H4.2ClH.Ti/c2*1-3-5-4-2;1-2;;;/h2*1,3-5H,2H3;1-2H2;2*1H;/q;;;;;+2/p-2. The third-order valence-electron chi connectivity index (χ3n) is 2.29. The van der Waals surface area contributed by atoms with E-state index in [4.69, 9.17) is 0 Å². The molecule has 1 aliphatic rings. The van der Waals surface area contributed by atoms with E-state index in [0.717, 1.165) is 0 Å². The predicted octanol–water partition coefficient (Wildman–Crippen LogP) is -1.82. The maximum Gasteiger partial charge on any atom is -1.00 e. The largest absolute Gasteiger partial charge is 1.00 e. The molecule has 0 aromatic carbocycles. The minimum absolute atomic E-state index is 0. The maximum absolute atomic E-state index is 2.49. The quantitative estimate of drug-likeness (QED) is 0.420. The van der Waals surface area contributed by atoms with Crippen molar-refractivity contribution in [3.05, 3.63) is 45.2 Å². The first kappa shape index (κ1) is 17.6. The average Bonchev–Trinajstić information content (AvgIpc) is 2.87. The Balaban J connectivity index is 0. The Morgan fingerprint density at radius 2 is 1.13 bits per heavy atom. The van der Waals surface area contributed by atoms with Gasteiger partial charge in [0.1, 0.15) is 0 Å². The summed E-state index contributed by atoms with van der Waals surface area (Å²) in [5, 5.41) is 0. The summed E-state index contributed by atoms with van der Waals surface area (Å²) in [7, 11) is 0. The summed E-state index contributed by atoms with van der Waals surface area (Å²) in [5.41, 5.74) is 0. The summed E-state index contributed by atoms with van der Waals surface area (Å²) in [5.74, 6) is 0. The fraction of sp³-hybridized carbons (Fsp3) is 0.333. The van der Waals surface area contributed by atoms with Gasteiger partial charge >= 0.3 is 85.1 Å². The molecule has 0 spiro atoms. The average molecular weight is 281 g/mol. The smallest absolute Gasteiger partial charge is 1.00 e. The number of allylic oxidation sites excluding steroid dienone is 6. The normalized spacial score (nSPS) is 16.4. The molecule has 1 saturated heterocycles. The first-order valence-electron chi connectivity index (χ1n) is 4.94. The molecule has 0 radical (unpaired) electrons. The number of halogens is 2. The Labute approximate surface area is 109 Å². The molecule has 15 heavy (non-hydrogen) atoms. The minimum atomic E-state index is -1.47. The van der Waals surface area contributed by atoms with E-state index >= 15 is 0 Å². The van der Waals surface area contributed by atoms with Gasteiger partial charge in [0.2, 0.25) is 0 Å². The topological polar surface area (TPSA) is 0 Å². The van der Waals surface area contributed by atoms with Crippen molar-refractivity contribution in [3.63, 3.8) is 0 Å². The van der Waals surface area contributed by atoms with Gasteiger partial charge in [-0.2, -0.15) is 0 Å².